The van der Waals surface area contributed by atoms with Crippen LogP contribution in [0.1, 0.15) is 11.3 Å². The third-order valence-corrected chi connectivity index (χ3v) is 1.61. The van der Waals surface area contributed by atoms with E-state index in [0.29, 0.717) is 5.69 Å². The Kier molecular flexibility index (Phi) is 2.76. The van der Waals surface area contributed by atoms with Gasteiger partial charge in [0.2, 0.25) is 0 Å². The molecule has 1 N–H and O–H groups in total. The van der Waals surface area contributed by atoms with Gasteiger partial charge in [-0.1, -0.05) is 0 Å². The average Bonchev–Trinajstić information content (AvgIpc) is 2.07. The SMILES string of the molecule is Cc1ccc(CC(=O)O)c([N+](=O)[O-])n1. The highest BCUT2D eigenvalue weighted by atomic mass is 16.6. The predicted octanol–water partition coefficient (Wildman–Crippen LogP) is 0.925. The molecule has 0 aliphatic carbocycles. The van der Waals surface area contributed by atoms with E-state index >= 15 is 0 Å². The van der Waals surface area contributed by atoms with Crippen LogP contribution in [0.3, 0.4) is 0 Å². The minimum Gasteiger partial charge on any atom is -0.481 e. The van der Waals surface area contributed by atoms with Gasteiger partial charge < -0.3 is 15.2 Å². The van der Waals surface area contributed by atoms with Crippen LogP contribution < -0.4 is 0 Å². The van der Waals surface area contributed by atoms with E-state index in [1.54, 1.807) is 13.0 Å². The van der Waals surface area contributed by atoms with E-state index in [9.17, 15) is 14.9 Å². The predicted molar refractivity (Wildman–Crippen MR) is 47.0 cm³/mol. The van der Waals surface area contributed by atoms with Crippen molar-refractivity contribution in [3.63, 3.8) is 0 Å². The molecule has 0 atom stereocenters. The van der Waals surface area contributed by atoms with Crippen molar-refractivity contribution in [3.8, 4) is 0 Å². The molecule has 0 saturated heterocycles. The summed E-state index contributed by atoms with van der Waals surface area (Å²) in [6, 6.07) is 2.96. The molecule has 1 heterocycles. The molecule has 0 fully saturated rings. The molecule has 1 rings (SSSR count). The lowest BCUT2D eigenvalue weighted by atomic mass is 10.2. The third kappa shape index (κ3) is 2.25. The number of carbonyl (C=O) groups is 1. The van der Waals surface area contributed by atoms with E-state index in [-0.39, 0.29) is 17.8 Å². The molecule has 0 aliphatic rings. The standard InChI is InChI=1S/C8H8N2O4/c1-5-2-3-6(4-7(11)12)8(9-5)10(13)14/h2-3H,4H2,1H3,(H,11,12). The van der Waals surface area contributed by atoms with E-state index in [1.807, 2.05) is 0 Å². The molecule has 6 heteroatoms. The topological polar surface area (TPSA) is 93.3 Å². The normalized spacial score (nSPS) is 9.79. The Morgan fingerprint density at radius 1 is 1.64 bits per heavy atom. The number of hydrogen-bond donors (Lipinski definition) is 1. The van der Waals surface area contributed by atoms with Gasteiger partial charge in [0.1, 0.15) is 5.69 Å². The zero-order valence-corrected chi connectivity index (χ0v) is 7.43. The van der Waals surface area contributed by atoms with Crippen LogP contribution in [0, 0.1) is 17.0 Å². The molecule has 14 heavy (non-hydrogen) atoms. The number of aryl methyl sites for hydroxylation is 1. The summed E-state index contributed by atoms with van der Waals surface area (Å²) in [5.41, 5.74) is 0.610. The number of carboxylic acid groups (broad SMARTS) is 1. The lowest BCUT2D eigenvalue weighted by Crippen LogP contribution is -2.05. The smallest absolute Gasteiger partial charge is 0.367 e. The minimum absolute atomic E-state index is 0.119. The zero-order chi connectivity index (χ0) is 10.7. The first-order valence-corrected chi connectivity index (χ1v) is 3.83. The second-order valence-corrected chi connectivity index (χ2v) is 2.76. The van der Waals surface area contributed by atoms with Gasteiger partial charge in [-0.3, -0.25) is 4.79 Å². The van der Waals surface area contributed by atoms with E-state index < -0.39 is 10.9 Å². The van der Waals surface area contributed by atoms with Crippen molar-refractivity contribution in [2.24, 2.45) is 0 Å². The third-order valence-electron chi connectivity index (χ3n) is 1.61. The fraction of sp³-hybridized carbons (Fsp3) is 0.250. The molecule has 0 saturated carbocycles. The van der Waals surface area contributed by atoms with Gasteiger partial charge in [0, 0.05) is 6.92 Å². The summed E-state index contributed by atoms with van der Waals surface area (Å²) in [7, 11) is 0. The van der Waals surface area contributed by atoms with Gasteiger partial charge in [0.05, 0.1) is 12.0 Å². The van der Waals surface area contributed by atoms with Crippen molar-refractivity contribution in [2.45, 2.75) is 13.3 Å². The summed E-state index contributed by atoms with van der Waals surface area (Å²) < 4.78 is 0. The highest BCUT2D eigenvalue weighted by Gasteiger charge is 2.17. The number of nitro groups is 1. The Hall–Kier alpha value is -1.98. The summed E-state index contributed by atoms with van der Waals surface area (Å²) in [4.78, 5) is 23.9. The first-order valence-electron chi connectivity index (χ1n) is 3.83. The first-order chi connectivity index (χ1) is 6.50. The van der Waals surface area contributed by atoms with Crippen LogP contribution in [0.15, 0.2) is 12.1 Å². The van der Waals surface area contributed by atoms with Crippen LogP contribution in [0.25, 0.3) is 0 Å². The summed E-state index contributed by atoms with van der Waals surface area (Å²) in [6.45, 7) is 1.61. The fourth-order valence-electron chi connectivity index (χ4n) is 1.03. The average molecular weight is 196 g/mol. The molecule has 0 aromatic carbocycles. The van der Waals surface area contributed by atoms with Crippen LogP contribution in [0.4, 0.5) is 5.82 Å². The minimum atomic E-state index is -1.11. The number of aliphatic carboxylic acids is 1. The van der Waals surface area contributed by atoms with Gasteiger partial charge in [0.15, 0.2) is 0 Å². The van der Waals surface area contributed by atoms with Gasteiger partial charge in [-0.05, 0) is 22.0 Å². The fourth-order valence-corrected chi connectivity index (χ4v) is 1.03. The highest BCUT2D eigenvalue weighted by molar-refractivity contribution is 5.71. The molecule has 0 unspecified atom stereocenters. The number of nitrogens with zero attached hydrogens (tertiary/aromatic N) is 2. The van der Waals surface area contributed by atoms with Gasteiger partial charge >= 0.3 is 11.8 Å². The van der Waals surface area contributed by atoms with Crippen LogP contribution in [-0.4, -0.2) is 21.0 Å². The molecular formula is C8H8N2O4. The number of carboxylic acids is 1. The molecule has 0 aliphatic heterocycles. The van der Waals surface area contributed by atoms with Gasteiger partial charge in [-0.25, -0.2) is 0 Å². The summed E-state index contributed by atoms with van der Waals surface area (Å²) in [6.07, 6.45) is -0.385. The van der Waals surface area contributed by atoms with Gasteiger partial charge in [-0.15, -0.1) is 0 Å². The Morgan fingerprint density at radius 2 is 2.29 bits per heavy atom. The Labute approximate surface area is 79.4 Å². The van der Waals surface area contributed by atoms with Crippen LogP contribution >= 0.6 is 0 Å². The lowest BCUT2D eigenvalue weighted by molar-refractivity contribution is -0.390. The quantitative estimate of drug-likeness (QED) is 0.573. The molecule has 6 nitrogen and oxygen atoms in total. The molecule has 1 aromatic heterocycles. The Balaban J connectivity index is 3.14. The van der Waals surface area contributed by atoms with E-state index in [0.717, 1.165) is 0 Å². The highest BCUT2D eigenvalue weighted by Crippen LogP contribution is 2.16. The zero-order valence-electron chi connectivity index (χ0n) is 7.43. The van der Waals surface area contributed by atoms with E-state index in [2.05, 4.69) is 4.98 Å². The number of pyridine rings is 1. The largest absolute Gasteiger partial charge is 0.481 e. The summed E-state index contributed by atoms with van der Waals surface area (Å²) in [5, 5.41) is 19.0. The molecule has 0 amide bonds. The van der Waals surface area contributed by atoms with E-state index in [1.165, 1.54) is 6.07 Å². The Morgan fingerprint density at radius 3 is 2.79 bits per heavy atom. The summed E-state index contributed by atoms with van der Waals surface area (Å²) >= 11 is 0. The first kappa shape index (κ1) is 10.1. The number of aromatic nitrogens is 1. The maximum Gasteiger partial charge on any atom is 0.367 e. The van der Waals surface area contributed by atoms with Crippen LogP contribution in [0.2, 0.25) is 0 Å². The van der Waals surface area contributed by atoms with Crippen molar-refractivity contribution in [1.29, 1.82) is 0 Å². The molecular weight excluding hydrogens is 188 g/mol. The molecule has 74 valence electrons. The van der Waals surface area contributed by atoms with Crippen LogP contribution in [-0.2, 0) is 11.2 Å². The van der Waals surface area contributed by atoms with Crippen molar-refractivity contribution in [1.82, 2.24) is 4.98 Å². The molecule has 1 aromatic rings. The number of hydrogen-bond acceptors (Lipinski definition) is 4. The van der Waals surface area contributed by atoms with Crippen molar-refractivity contribution in [2.75, 3.05) is 0 Å². The lowest BCUT2D eigenvalue weighted by Gasteiger charge is -1.99. The maximum absolute atomic E-state index is 10.5. The van der Waals surface area contributed by atoms with Crippen LogP contribution in [0.5, 0.6) is 0 Å². The summed E-state index contributed by atoms with van der Waals surface area (Å²) in [5.74, 6) is -1.49. The monoisotopic (exact) mass is 196 g/mol. The van der Waals surface area contributed by atoms with Crippen molar-refractivity contribution in [3.05, 3.63) is 33.5 Å². The Bertz CT molecular complexity index is 389. The number of rotatable bonds is 3. The second kappa shape index (κ2) is 3.82. The second-order valence-electron chi connectivity index (χ2n) is 2.76. The molecule has 0 spiro atoms. The van der Waals surface area contributed by atoms with E-state index in [4.69, 9.17) is 5.11 Å². The van der Waals surface area contributed by atoms with Crippen molar-refractivity contribution < 1.29 is 14.8 Å². The van der Waals surface area contributed by atoms with Gasteiger partial charge in [-0.2, -0.15) is 0 Å². The molecule has 0 bridgehead atoms. The maximum atomic E-state index is 10.5. The molecule has 0 radical (unpaired) electrons. The van der Waals surface area contributed by atoms with Gasteiger partial charge in [0.25, 0.3) is 0 Å². The van der Waals surface area contributed by atoms with Crippen molar-refractivity contribution >= 4 is 11.8 Å².